The average Bonchev–Trinajstić information content (AvgIpc) is 3.44. The fourth-order valence-corrected chi connectivity index (χ4v) is 6.67. The highest BCUT2D eigenvalue weighted by Gasteiger charge is 2.25. The molecule has 0 saturated carbocycles. The summed E-state index contributed by atoms with van der Waals surface area (Å²) >= 11 is 3.03. The van der Waals surface area contributed by atoms with Crippen molar-refractivity contribution in [2.45, 2.75) is 57.2 Å². The zero-order valence-corrected chi connectivity index (χ0v) is 27.1. The zero-order chi connectivity index (χ0) is 31.1. The molecule has 3 aromatic rings. The SMILES string of the molecule is CC(=O)N1CCN(C(=O)c2cc(CSc3cnc(NC(=O)c4ccc(CNC(CO)C(C)C)cc4)s3)cc(C)c2C)CC1. The second-order valence-corrected chi connectivity index (χ2v) is 13.5. The summed E-state index contributed by atoms with van der Waals surface area (Å²) in [6, 6.07) is 11.5. The Morgan fingerprint density at radius 3 is 2.33 bits per heavy atom. The number of aryl methyl sites for hydroxylation is 1. The number of anilines is 1. The molecule has 43 heavy (non-hydrogen) atoms. The smallest absolute Gasteiger partial charge is 0.257 e. The van der Waals surface area contributed by atoms with Crippen LogP contribution in [0.25, 0.3) is 0 Å². The van der Waals surface area contributed by atoms with Crippen LogP contribution in [-0.2, 0) is 17.1 Å². The van der Waals surface area contributed by atoms with Gasteiger partial charge in [-0.25, -0.2) is 4.98 Å². The quantitative estimate of drug-likeness (QED) is 0.265. The Balaban J connectivity index is 1.32. The number of benzene rings is 2. The van der Waals surface area contributed by atoms with Crippen LogP contribution in [0.3, 0.4) is 0 Å². The molecule has 3 N–H and O–H groups in total. The maximum Gasteiger partial charge on any atom is 0.257 e. The summed E-state index contributed by atoms with van der Waals surface area (Å²) in [5.41, 5.74) is 5.38. The van der Waals surface area contributed by atoms with Crippen LogP contribution in [0, 0.1) is 19.8 Å². The summed E-state index contributed by atoms with van der Waals surface area (Å²) in [7, 11) is 0. The molecule has 0 aliphatic carbocycles. The van der Waals surface area contributed by atoms with Gasteiger partial charge in [-0.3, -0.25) is 19.7 Å². The summed E-state index contributed by atoms with van der Waals surface area (Å²) in [5, 5.41) is 16.3. The second kappa shape index (κ2) is 15.0. The van der Waals surface area contributed by atoms with E-state index in [-0.39, 0.29) is 30.4 Å². The molecule has 0 bridgehead atoms. The van der Waals surface area contributed by atoms with E-state index in [4.69, 9.17) is 0 Å². The van der Waals surface area contributed by atoms with Gasteiger partial charge in [-0.1, -0.05) is 43.4 Å². The third-order valence-electron chi connectivity index (χ3n) is 7.84. The third-order valence-corrected chi connectivity index (χ3v) is 10.0. The molecule has 2 aromatic carbocycles. The van der Waals surface area contributed by atoms with Crippen LogP contribution in [0.1, 0.15) is 63.7 Å². The van der Waals surface area contributed by atoms with Crippen LogP contribution in [0.4, 0.5) is 5.13 Å². The van der Waals surface area contributed by atoms with E-state index in [9.17, 15) is 19.5 Å². The van der Waals surface area contributed by atoms with Crippen molar-refractivity contribution in [3.63, 3.8) is 0 Å². The van der Waals surface area contributed by atoms with Crippen LogP contribution in [0.2, 0.25) is 0 Å². The molecule has 0 spiro atoms. The Kier molecular flexibility index (Phi) is 11.4. The number of aliphatic hydroxyl groups excluding tert-OH is 1. The Bertz CT molecular complexity index is 1430. The monoisotopic (exact) mass is 623 g/mol. The standard InChI is InChI=1S/C32H41N5O4S2/c1-20(2)28(18-38)33-16-24-6-8-26(9-7-24)30(40)35-32-34-17-29(43-32)42-19-25-14-21(3)22(4)27(15-25)31(41)37-12-10-36(11-13-37)23(5)39/h6-9,14-15,17,20,28,33,38H,10-13,16,18-19H2,1-5H3,(H,34,35,40). The molecule has 11 heteroatoms. The number of thiazole rings is 1. The summed E-state index contributed by atoms with van der Waals surface area (Å²) in [6.07, 6.45) is 1.76. The molecule has 2 heterocycles. The fraction of sp³-hybridized carbons (Fsp3) is 0.438. The first-order valence-electron chi connectivity index (χ1n) is 14.5. The van der Waals surface area contributed by atoms with Crippen molar-refractivity contribution in [1.29, 1.82) is 0 Å². The number of amides is 3. The molecule has 1 aliphatic rings. The number of hydrogen-bond acceptors (Lipinski definition) is 8. The molecule has 230 valence electrons. The number of rotatable bonds is 11. The van der Waals surface area contributed by atoms with E-state index >= 15 is 0 Å². The number of hydrogen-bond donors (Lipinski definition) is 3. The molecule has 1 saturated heterocycles. The van der Waals surface area contributed by atoms with E-state index in [2.05, 4.69) is 35.5 Å². The predicted molar refractivity (Wildman–Crippen MR) is 173 cm³/mol. The van der Waals surface area contributed by atoms with Gasteiger partial charge in [-0.15, -0.1) is 11.8 Å². The minimum Gasteiger partial charge on any atom is -0.395 e. The van der Waals surface area contributed by atoms with Gasteiger partial charge in [0.25, 0.3) is 11.8 Å². The first kappa shape index (κ1) is 32.7. The van der Waals surface area contributed by atoms with Gasteiger partial charge in [-0.2, -0.15) is 0 Å². The fourth-order valence-electron chi connectivity index (χ4n) is 4.88. The molecule has 1 atom stereocenters. The van der Waals surface area contributed by atoms with E-state index in [0.717, 1.165) is 26.5 Å². The van der Waals surface area contributed by atoms with Gasteiger partial charge in [-0.05, 0) is 60.2 Å². The highest BCUT2D eigenvalue weighted by molar-refractivity contribution is 8.00. The van der Waals surface area contributed by atoms with Gasteiger partial charge >= 0.3 is 0 Å². The molecular formula is C32H41N5O4S2. The molecule has 1 unspecified atom stereocenters. The van der Waals surface area contributed by atoms with Crippen molar-refractivity contribution in [3.8, 4) is 0 Å². The lowest BCUT2D eigenvalue weighted by Gasteiger charge is -2.34. The van der Waals surface area contributed by atoms with E-state index in [0.29, 0.717) is 60.7 Å². The zero-order valence-electron chi connectivity index (χ0n) is 25.5. The second-order valence-electron chi connectivity index (χ2n) is 11.2. The van der Waals surface area contributed by atoms with Gasteiger partial charge < -0.3 is 20.2 Å². The number of nitrogens with zero attached hydrogens (tertiary/aromatic N) is 3. The van der Waals surface area contributed by atoms with Crippen molar-refractivity contribution in [2.24, 2.45) is 5.92 Å². The maximum atomic E-state index is 13.4. The van der Waals surface area contributed by atoms with Gasteiger partial charge in [0.2, 0.25) is 5.91 Å². The normalized spacial score (nSPS) is 14.2. The number of aromatic nitrogens is 1. The minimum atomic E-state index is -0.220. The van der Waals surface area contributed by atoms with E-state index in [1.54, 1.807) is 41.9 Å². The van der Waals surface area contributed by atoms with Crippen LogP contribution in [-0.4, -0.2) is 76.4 Å². The van der Waals surface area contributed by atoms with Gasteiger partial charge in [0.05, 0.1) is 17.0 Å². The number of piperazine rings is 1. The molecular weight excluding hydrogens is 583 g/mol. The molecule has 0 radical (unpaired) electrons. The summed E-state index contributed by atoms with van der Waals surface area (Å²) in [5.74, 6) is 0.820. The summed E-state index contributed by atoms with van der Waals surface area (Å²) in [6.45, 7) is 12.6. The van der Waals surface area contributed by atoms with Gasteiger partial charge in [0.1, 0.15) is 0 Å². The van der Waals surface area contributed by atoms with E-state index in [1.807, 2.05) is 36.9 Å². The van der Waals surface area contributed by atoms with Crippen LogP contribution in [0.15, 0.2) is 46.8 Å². The van der Waals surface area contributed by atoms with Crippen molar-refractivity contribution >= 4 is 46.0 Å². The van der Waals surface area contributed by atoms with Crippen LogP contribution in [0.5, 0.6) is 0 Å². The van der Waals surface area contributed by atoms with Crippen molar-refractivity contribution in [2.75, 3.05) is 38.1 Å². The highest BCUT2D eigenvalue weighted by Crippen LogP contribution is 2.32. The van der Waals surface area contributed by atoms with E-state index < -0.39 is 0 Å². The maximum absolute atomic E-state index is 13.4. The Hall–Kier alpha value is -3.25. The van der Waals surface area contributed by atoms with Crippen molar-refractivity contribution in [1.82, 2.24) is 20.1 Å². The van der Waals surface area contributed by atoms with E-state index in [1.165, 1.54) is 11.3 Å². The van der Waals surface area contributed by atoms with Crippen LogP contribution >= 0.6 is 23.1 Å². The molecule has 3 amide bonds. The summed E-state index contributed by atoms with van der Waals surface area (Å²) in [4.78, 5) is 45.8. The lowest BCUT2D eigenvalue weighted by molar-refractivity contribution is -0.130. The van der Waals surface area contributed by atoms with Crippen molar-refractivity contribution in [3.05, 3.63) is 76.0 Å². The number of carbonyl (C=O) groups excluding carboxylic acids is 3. The molecule has 1 aliphatic heterocycles. The Morgan fingerprint density at radius 2 is 1.70 bits per heavy atom. The Morgan fingerprint density at radius 1 is 1.02 bits per heavy atom. The number of aliphatic hydroxyl groups is 1. The average molecular weight is 624 g/mol. The third kappa shape index (κ3) is 8.66. The lowest BCUT2D eigenvalue weighted by atomic mass is 9.99. The number of nitrogens with one attached hydrogen (secondary N) is 2. The molecule has 1 aromatic heterocycles. The molecule has 4 rings (SSSR count). The molecule has 9 nitrogen and oxygen atoms in total. The van der Waals surface area contributed by atoms with Gasteiger partial charge in [0, 0.05) is 62.6 Å². The number of carbonyl (C=O) groups is 3. The number of thioether (sulfide) groups is 1. The first-order chi connectivity index (χ1) is 20.5. The molecule has 1 fully saturated rings. The van der Waals surface area contributed by atoms with Crippen LogP contribution < -0.4 is 10.6 Å². The minimum absolute atomic E-state index is 0.00708. The topological polar surface area (TPSA) is 115 Å². The predicted octanol–water partition coefficient (Wildman–Crippen LogP) is 4.72. The van der Waals surface area contributed by atoms with Gasteiger partial charge in [0.15, 0.2) is 5.13 Å². The largest absolute Gasteiger partial charge is 0.395 e. The summed E-state index contributed by atoms with van der Waals surface area (Å²) < 4.78 is 0.965. The highest BCUT2D eigenvalue weighted by atomic mass is 32.2. The Labute approximate surface area is 262 Å². The first-order valence-corrected chi connectivity index (χ1v) is 16.3. The van der Waals surface area contributed by atoms with Crippen molar-refractivity contribution < 1.29 is 19.5 Å². The lowest BCUT2D eigenvalue weighted by Crippen LogP contribution is -2.50.